The summed E-state index contributed by atoms with van der Waals surface area (Å²) < 4.78 is 26.8. The van der Waals surface area contributed by atoms with E-state index >= 15 is 0 Å². The van der Waals surface area contributed by atoms with E-state index in [2.05, 4.69) is 0 Å². The third kappa shape index (κ3) is 2.45. The summed E-state index contributed by atoms with van der Waals surface area (Å²) in [4.78, 5) is 14.3. The maximum atomic E-state index is 12.8. The van der Waals surface area contributed by atoms with Crippen LogP contribution in [-0.4, -0.2) is 48.7 Å². The standard InChI is InChI=1S/C14H17ClN2O3S/c1-10-14(18)16-8-2-3-12(16)9-17(10)21(19,20)13-6-4-11(15)5-7-13/h4-7,10,12H,2-3,8-9H2,1H3/t10-,12+/m1/s1. The second kappa shape index (κ2) is 5.26. The fourth-order valence-corrected chi connectivity index (χ4v) is 4.84. The van der Waals surface area contributed by atoms with Crippen LogP contribution in [0.15, 0.2) is 29.2 Å². The number of carbonyl (C=O) groups is 1. The molecule has 7 heteroatoms. The molecule has 1 aromatic rings. The van der Waals surface area contributed by atoms with Gasteiger partial charge in [0, 0.05) is 24.2 Å². The first-order valence-corrected chi connectivity index (χ1v) is 8.81. The van der Waals surface area contributed by atoms with Crippen LogP contribution in [0.2, 0.25) is 5.02 Å². The Hall–Kier alpha value is -1.11. The first kappa shape index (κ1) is 14.8. The SMILES string of the molecule is C[C@@H]1C(=O)N2CCC[C@H]2CN1S(=O)(=O)c1ccc(Cl)cc1. The molecule has 0 unspecified atom stereocenters. The van der Waals surface area contributed by atoms with Gasteiger partial charge in [-0.25, -0.2) is 8.42 Å². The minimum absolute atomic E-state index is 0.00998. The van der Waals surface area contributed by atoms with E-state index in [-0.39, 0.29) is 16.8 Å². The lowest BCUT2D eigenvalue weighted by atomic mass is 10.1. The number of halogens is 1. The van der Waals surface area contributed by atoms with Crippen molar-refractivity contribution in [2.45, 2.75) is 36.7 Å². The van der Waals surface area contributed by atoms with E-state index in [1.54, 1.807) is 19.1 Å². The lowest BCUT2D eigenvalue weighted by Crippen LogP contribution is -2.59. The first-order chi connectivity index (χ1) is 9.91. The molecule has 2 aliphatic rings. The number of nitrogens with zero attached hydrogens (tertiary/aromatic N) is 2. The minimum Gasteiger partial charge on any atom is -0.337 e. The van der Waals surface area contributed by atoms with Crippen LogP contribution in [-0.2, 0) is 14.8 Å². The molecule has 114 valence electrons. The van der Waals surface area contributed by atoms with Gasteiger partial charge in [-0.2, -0.15) is 4.31 Å². The normalized spacial score (nSPS) is 27.0. The van der Waals surface area contributed by atoms with E-state index in [0.717, 1.165) is 19.4 Å². The molecule has 2 aliphatic heterocycles. The average molecular weight is 329 g/mol. The van der Waals surface area contributed by atoms with E-state index < -0.39 is 16.1 Å². The van der Waals surface area contributed by atoms with Crippen molar-refractivity contribution in [3.05, 3.63) is 29.3 Å². The van der Waals surface area contributed by atoms with Crippen LogP contribution < -0.4 is 0 Å². The van der Waals surface area contributed by atoms with Crippen LogP contribution >= 0.6 is 11.6 Å². The fraction of sp³-hybridized carbons (Fsp3) is 0.500. The van der Waals surface area contributed by atoms with Crippen molar-refractivity contribution >= 4 is 27.5 Å². The largest absolute Gasteiger partial charge is 0.337 e. The second-order valence-corrected chi connectivity index (χ2v) is 7.86. The van der Waals surface area contributed by atoms with Crippen LogP contribution in [0.4, 0.5) is 0 Å². The molecule has 0 aliphatic carbocycles. The van der Waals surface area contributed by atoms with Crippen molar-refractivity contribution in [2.75, 3.05) is 13.1 Å². The van der Waals surface area contributed by atoms with E-state index in [1.165, 1.54) is 16.4 Å². The molecule has 5 nitrogen and oxygen atoms in total. The summed E-state index contributed by atoms with van der Waals surface area (Å²) in [5.41, 5.74) is 0. The van der Waals surface area contributed by atoms with Gasteiger partial charge in [-0.3, -0.25) is 4.79 Å². The molecule has 0 radical (unpaired) electrons. The monoisotopic (exact) mass is 328 g/mol. The lowest BCUT2D eigenvalue weighted by molar-refractivity contribution is -0.139. The van der Waals surface area contributed by atoms with Crippen molar-refractivity contribution in [1.82, 2.24) is 9.21 Å². The van der Waals surface area contributed by atoms with Crippen LogP contribution in [0.25, 0.3) is 0 Å². The van der Waals surface area contributed by atoms with Gasteiger partial charge in [0.1, 0.15) is 6.04 Å². The zero-order chi connectivity index (χ0) is 15.2. The molecular formula is C14H17ClN2O3S. The Morgan fingerprint density at radius 3 is 2.57 bits per heavy atom. The van der Waals surface area contributed by atoms with Gasteiger partial charge >= 0.3 is 0 Å². The van der Waals surface area contributed by atoms with Gasteiger partial charge < -0.3 is 4.90 Å². The molecule has 0 spiro atoms. The Bertz CT molecular complexity index is 659. The van der Waals surface area contributed by atoms with Crippen LogP contribution in [0, 0.1) is 0 Å². The van der Waals surface area contributed by atoms with Gasteiger partial charge in [-0.1, -0.05) is 11.6 Å². The van der Waals surface area contributed by atoms with Gasteiger partial charge in [0.25, 0.3) is 0 Å². The van der Waals surface area contributed by atoms with Crippen molar-refractivity contribution in [3.63, 3.8) is 0 Å². The van der Waals surface area contributed by atoms with Crippen molar-refractivity contribution in [3.8, 4) is 0 Å². The van der Waals surface area contributed by atoms with E-state index in [1.807, 2.05) is 4.90 Å². The van der Waals surface area contributed by atoms with Gasteiger partial charge in [0.2, 0.25) is 15.9 Å². The Labute approximate surface area is 129 Å². The fourth-order valence-electron chi connectivity index (χ4n) is 3.09. The molecule has 1 aromatic carbocycles. The summed E-state index contributed by atoms with van der Waals surface area (Å²) >= 11 is 5.80. The number of amides is 1. The summed E-state index contributed by atoms with van der Waals surface area (Å²) in [6, 6.07) is 5.42. The predicted molar refractivity (Wildman–Crippen MR) is 79.5 cm³/mol. The zero-order valence-electron chi connectivity index (χ0n) is 11.7. The number of piperazine rings is 1. The summed E-state index contributed by atoms with van der Waals surface area (Å²) in [6.07, 6.45) is 1.81. The molecule has 2 heterocycles. The summed E-state index contributed by atoms with van der Waals surface area (Å²) in [6.45, 7) is 2.77. The number of carbonyl (C=O) groups excluding carboxylic acids is 1. The summed E-state index contributed by atoms with van der Waals surface area (Å²) in [7, 11) is -3.67. The van der Waals surface area contributed by atoms with Crippen LogP contribution in [0.5, 0.6) is 0 Å². The van der Waals surface area contributed by atoms with E-state index in [9.17, 15) is 13.2 Å². The molecule has 0 N–H and O–H groups in total. The average Bonchev–Trinajstić information content (AvgIpc) is 2.91. The molecule has 1 amide bonds. The Balaban J connectivity index is 1.94. The van der Waals surface area contributed by atoms with Gasteiger partial charge in [0.15, 0.2) is 0 Å². The molecule has 2 fully saturated rings. The molecule has 2 saturated heterocycles. The molecular weight excluding hydrogens is 312 g/mol. The number of sulfonamides is 1. The lowest BCUT2D eigenvalue weighted by Gasteiger charge is -2.40. The molecule has 0 aromatic heterocycles. The van der Waals surface area contributed by atoms with Crippen molar-refractivity contribution < 1.29 is 13.2 Å². The third-order valence-corrected chi connectivity index (χ3v) is 6.46. The highest BCUT2D eigenvalue weighted by Gasteiger charge is 2.45. The molecule has 2 atom stereocenters. The van der Waals surface area contributed by atoms with Crippen LogP contribution in [0.3, 0.4) is 0 Å². The minimum atomic E-state index is -3.67. The second-order valence-electron chi connectivity index (χ2n) is 5.53. The van der Waals surface area contributed by atoms with Gasteiger partial charge in [0.05, 0.1) is 4.90 Å². The Morgan fingerprint density at radius 1 is 1.24 bits per heavy atom. The highest BCUT2D eigenvalue weighted by Crippen LogP contribution is 2.30. The number of hydrogen-bond acceptors (Lipinski definition) is 3. The highest BCUT2D eigenvalue weighted by molar-refractivity contribution is 7.89. The topological polar surface area (TPSA) is 57.7 Å². The van der Waals surface area contributed by atoms with Gasteiger partial charge in [-0.15, -0.1) is 0 Å². The maximum absolute atomic E-state index is 12.8. The molecule has 21 heavy (non-hydrogen) atoms. The van der Waals surface area contributed by atoms with Crippen LogP contribution in [0.1, 0.15) is 19.8 Å². The number of benzene rings is 1. The quantitative estimate of drug-likeness (QED) is 0.830. The summed E-state index contributed by atoms with van der Waals surface area (Å²) in [5, 5.41) is 0.485. The van der Waals surface area contributed by atoms with Crippen molar-refractivity contribution in [1.29, 1.82) is 0 Å². The zero-order valence-corrected chi connectivity index (χ0v) is 13.3. The Kier molecular flexibility index (Phi) is 3.71. The first-order valence-electron chi connectivity index (χ1n) is 6.99. The molecule has 0 bridgehead atoms. The number of hydrogen-bond donors (Lipinski definition) is 0. The maximum Gasteiger partial charge on any atom is 0.243 e. The Morgan fingerprint density at radius 2 is 1.90 bits per heavy atom. The summed E-state index contributed by atoms with van der Waals surface area (Å²) in [5.74, 6) is -0.0960. The van der Waals surface area contributed by atoms with E-state index in [4.69, 9.17) is 11.6 Å². The third-order valence-electron chi connectivity index (χ3n) is 4.26. The predicted octanol–water partition coefficient (Wildman–Crippen LogP) is 1.72. The number of fused-ring (bicyclic) bond motifs is 1. The highest BCUT2D eigenvalue weighted by atomic mass is 35.5. The molecule has 3 rings (SSSR count). The number of rotatable bonds is 2. The van der Waals surface area contributed by atoms with Crippen molar-refractivity contribution in [2.24, 2.45) is 0 Å². The van der Waals surface area contributed by atoms with Gasteiger partial charge in [-0.05, 0) is 44.0 Å². The van der Waals surface area contributed by atoms with E-state index in [0.29, 0.717) is 11.6 Å². The smallest absolute Gasteiger partial charge is 0.243 e. The molecule has 0 saturated carbocycles.